The summed E-state index contributed by atoms with van der Waals surface area (Å²) in [5.74, 6) is 0. The number of anilines is 1. The fourth-order valence-corrected chi connectivity index (χ4v) is 2.51. The Labute approximate surface area is 111 Å². The molecule has 0 radical (unpaired) electrons. The molecule has 2 aromatic rings. The zero-order chi connectivity index (χ0) is 14.0. The zero-order valence-corrected chi connectivity index (χ0v) is 11.3. The Bertz CT molecular complexity index is 677. The van der Waals surface area contributed by atoms with Gasteiger partial charge >= 0.3 is 6.01 Å². The number of nitrogens with zero attached hydrogens (tertiary/aromatic N) is 1. The van der Waals surface area contributed by atoms with Gasteiger partial charge < -0.3 is 9.52 Å². The van der Waals surface area contributed by atoms with Gasteiger partial charge in [0.05, 0.1) is 16.7 Å². The second-order valence-corrected chi connectivity index (χ2v) is 5.83. The van der Waals surface area contributed by atoms with Crippen molar-refractivity contribution in [1.29, 1.82) is 0 Å². The fraction of sp³-hybridized carbons (Fsp3) is 0.250. The van der Waals surface area contributed by atoms with Crippen LogP contribution in [-0.4, -0.2) is 18.5 Å². The van der Waals surface area contributed by atoms with Crippen molar-refractivity contribution in [3.05, 3.63) is 41.8 Å². The SMILES string of the molecule is Cc1coc(NS(=O)(=O)c2cccc(C(C)O)c2)n1. The highest BCUT2D eigenvalue weighted by molar-refractivity contribution is 7.92. The van der Waals surface area contributed by atoms with Gasteiger partial charge in [-0.25, -0.2) is 13.1 Å². The number of aromatic nitrogens is 1. The molecule has 102 valence electrons. The summed E-state index contributed by atoms with van der Waals surface area (Å²) >= 11 is 0. The Morgan fingerprint density at radius 1 is 1.42 bits per heavy atom. The minimum Gasteiger partial charge on any atom is -0.431 e. The molecule has 0 fully saturated rings. The molecule has 0 aliphatic carbocycles. The minimum atomic E-state index is -3.77. The molecule has 0 bridgehead atoms. The van der Waals surface area contributed by atoms with E-state index < -0.39 is 16.1 Å². The van der Waals surface area contributed by atoms with Crippen LogP contribution in [0.25, 0.3) is 0 Å². The zero-order valence-electron chi connectivity index (χ0n) is 10.5. The molecule has 0 aliphatic rings. The van der Waals surface area contributed by atoms with Crippen molar-refractivity contribution in [2.75, 3.05) is 4.72 Å². The molecule has 2 N–H and O–H groups in total. The van der Waals surface area contributed by atoms with Crippen molar-refractivity contribution in [1.82, 2.24) is 4.98 Å². The highest BCUT2D eigenvalue weighted by Crippen LogP contribution is 2.19. The molecule has 6 nitrogen and oxygen atoms in total. The van der Waals surface area contributed by atoms with Gasteiger partial charge in [0.25, 0.3) is 10.0 Å². The number of oxazole rings is 1. The van der Waals surface area contributed by atoms with E-state index in [1.54, 1.807) is 26.0 Å². The van der Waals surface area contributed by atoms with Crippen LogP contribution in [0.5, 0.6) is 0 Å². The van der Waals surface area contributed by atoms with Gasteiger partial charge in [-0.3, -0.25) is 0 Å². The molecule has 0 saturated carbocycles. The molecule has 1 unspecified atom stereocenters. The summed E-state index contributed by atoms with van der Waals surface area (Å²) in [6, 6.07) is 5.98. The first kappa shape index (κ1) is 13.6. The van der Waals surface area contributed by atoms with Gasteiger partial charge in [0.15, 0.2) is 0 Å². The van der Waals surface area contributed by atoms with Crippen LogP contribution < -0.4 is 4.72 Å². The summed E-state index contributed by atoms with van der Waals surface area (Å²) in [7, 11) is -3.77. The number of rotatable bonds is 4. The van der Waals surface area contributed by atoms with E-state index in [0.717, 1.165) is 0 Å². The summed E-state index contributed by atoms with van der Waals surface area (Å²) < 4.78 is 31.4. The molecular weight excluding hydrogens is 268 g/mol. The monoisotopic (exact) mass is 282 g/mol. The maximum Gasteiger partial charge on any atom is 0.309 e. The summed E-state index contributed by atoms with van der Waals surface area (Å²) in [5, 5.41) is 9.46. The van der Waals surface area contributed by atoms with Crippen LogP contribution in [0.15, 0.2) is 39.8 Å². The van der Waals surface area contributed by atoms with Gasteiger partial charge in [-0.2, -0.15) is 4.98 Å². The highest BCUT2D eigenvalue weighted by atomic mass is 32.2. The largest absolute Gasteiger partial charge is 0.431 e. The Balaban J connectivity index is 2.31. The van der Waals surface area contributed by atoms with Crippen LogP contribution >= 0.6 is 0 Å². The molecule has 19 heavy (non-hydrogen) atoms. The van der Waals surface area contributed by atoms with E-state index in [0.29, 0.717) is 11.3 Å². The molecule has 0 saturated heterocycles. The first-order chi connectivity index (χ1) is 8.88. The van der Waals surface area contributed by atoms with Crippen molar-refractivity contribution >= 4 is 16.0 Å². The number of sulfonamides is 1. The van der Waals surface area contributed by atoms with Gasteiger partial charge in [0.2, 0.25) is 0 Å². The maximum atomic E-state index is 12.1. The number of nitrogens with one attached hydrogen (secondary N) is 1. The van der Waals surface area contributed by atoms with Gasteiger partial charge in [-0.1, -0.05) is 12.1 Å². The lowest BCUT2D eigenvalue weighted by atomic mass is 10.1. The van der Waals surface area contributed by atoms with Crippen molar-refractivity contribution in [3.8, 4) is 0 Å². The number of hydrogen-bond acceptors (Lipinski definition) is 5. The average Bonchev–Trinajstić information content (AvgIpc) is 2.74. The second kappa shape index (κ2) is 5.02. The van der Waals surface area contributed by atoms with Gasteiger partial charge in [-0.15, -0.1) is 0 Å². The molecule has 7 heteroatoms. The summed E-state index contributed by atoms with van der Waals surface area (Å²) in [5.41, 5.74) is 1.10. The molecule has 0 spiro atoms. The van der Waals surface area contributed by atoms with E-state index in [1.165, 1.54) is 18.4 Å². The van der Waals surface area contributed by atoms with Crippen molar-refractivity contribution in [2.45, 2.75) is 24.8 Å². The van der Waals surface area contributed by atoms with E-state index in [-0.39, 0.29) is 10.9 Å². The molecule has 1 aromatic carbocycles. The van der Waals surface area contributed by atoms with Gasteiger partial charge in [0, 0.05) is 0 Å². The second-order valence-electron chi connectivity index (χ2n) is 4.15. The Kier molecular flexibility index (Phi) is 3.59. The van der Waals surface area contributed by atoms with Crippen molar-refractivity contribution in [3.63, 3.8) is 0 Å². The van der Waals surface area contributed by atoms with E-state index >= 15 is 0 Å². The van der Waals surface area contributed by atoms with Crippen LogP contribution in [0.1, 0.15) is 24.3 Å². The topological polar surface area (TPSA) is 92.4 Å². The molecule has 0 amide bonds. The Hall–Kier alpha value is -1.86. The third-order valence-corrected chi connectivity index (χ3v) is 3.81. The predicted molar refractivity (Wildman–Crippen MR) is 69.1 cm³/mol. The molecule has 1 aromatic heterocycles. The van der Waals surface area contributed by atoms with Crippen molar-refractivity contribution < 1.29 is 17.9 Å². The van der Waals surface area contributed by atoms with Crippen LogP contribution in [-0.2, 0) is 10.0 Å². The molecule has 0 aliphatic heterocycles. The van der Waals surface area contributed by atoms with E-state index in [9.17, 15) is 13.5 Å². The molecule has 1 atom stereocenters. The third-order valence-electron chi connectivity index (χ3n) is 2.49. The lowest BCUT2D eigenvalue weighted by molar-refractivity contribution is 0.199. The fourth-order valence-electron chi connectivity index (χ4n) is 1.52. The summed E-state index contributed by atoms with van der Waals surface area (Å²) in [6.45, 7) is 3.26. The molecular formula is C12H14N2O4S. The van der Waals surface area contributed by atoms with Crippen LogP contribution in [0.3, 0.4) is 0 Å². The molecule has 2 rings (SSSR count). The number of benzene rings is 1. The highest BCUT2D eigenvalue weighted by Gasteiger charge is 2.17. The maximum absolute atomic E-state index is 12.1. The van der Waals surface area contributed by atoms with Gasteiger partial charge in [0.1, 0.15) is 6.26 Å². The standard InChI is InChI=1S/C12H14N2O4S/c1-8-7-18-12(13-8)14-19(16,17)11-5-3-4-10(6-11)9(2)15/h3-7,9,15H,1-2H3,(H,13,14). The Morgan fingerprint density at radius 3 is 2.74 bits per heavy atom. The van der Waals surface area contributed by atoms with E-state index in [4.69, 9.17) is 4.42 Å². The van der Waals surface area contributed by atoms with Gasteiger partial charge in [-0.05, 0) is 31.5 Å². The first-order valence-electron chi connectivity index (χ1n) is 5.61. The normalized spacial score (nSPS) is 13.2. The van der Waals surface area contributed by atoms with Crippen LogP contribution in [0, 0.1) is 6.92 Å². The van der Waals surface area contributed by atoms with E-state index in [2.05, 4.69) is 9.71 Å². The number of aryl methyl sites for hydroxylation is 1. The third kappa shape index (κ3) is 3.12. The number of hydrogen-bond donors (Lipinski definition) is 2. The summed E-state index contributed by atoms with van der Waals surface area (Å²) in [6.07, 6.45) is 0.614. The minimum absolute atomic E-state index is 0.0433. The predicted octanol–water partition coefficient (Wildman–Crippen LogP) is 1.84. The van der Waals surface area contributed by atoms with Crippen LogP contribution in [0.4, 0.5) is 6.01 Å². The first-order valence-corrected chi connectivity index (χ1v) is 7.10. The molecule has 1 heterocycles. The summed E-state index contributed by atoms with van der Waals surface area (Å²) in [4.78, 5) is 3.92. The Morgan fingerprint density at radius 2 is 2.16 bits per heavy atom. The van der Waals surface area contributed by atoms with E-state index in [1.807, 2.05) is 0 Å². The lowest BCUT2D eigenvalue weighted by Gasteiger charge is -2.08. The average molecular weight is 282 g/mol. The number of aliphatic hydroxyl groups is 1. The quantitative estimate of drug-likeness (QED) is 0.892. The smallest absolute Gasteiger partial charge is 0.309 e. The van der Waals surface area contributed by atoms with Crippen molar-refractivity contribution in [2.24, 2.45) is 0 Å². The lowest BCUT2D eigenvalue weighted by Crippen LogP contribution is -2.13. The van der Waals surface area contributed by atoms with Crippen LogP contribution in [0.2, 0.25) is 0 Å². The number of aliphatic hydroxyl groups excluding tert-OH is 1.